The van der Waals surface area contributed by atoms with Crippen molar-refractivity contribution in [2.45, 2.75) is 19.4 Å². The van der Waals surface area contributed by atoms with Crippen molar-refractivity contribution in [2.75, 3.05) is 13.7 Å². The third-order valence-electron chi connectivity index (χ3n) is 3.22. The Hall–Kier alpha value is -2.20. The van der Waals surface area contributed by atoms with E-state index in [1.807, 2.05) is 43.3 Å². The van der Waals surface area contributed by atoms with Gasteiger partial charge in [-0.15, -0.1) is 0 Å². The van der Waals surface area contributed by atoms with Crippen molar-refractivity contribution in [3.63, 3.8) is 0 Å². The molecule has 0 aliphatic carbocycles. The highest BCUT2D eigenvalue weighted by Gasteiger charge is 2.09. The van der Waals surface area contributed by atoms with E-state index in [0.717, 1.165) is 17.1 Å². The summed E-state index contributed by atoms with van der Waals surface area (Å²) in [5, 5.41) is 3.54. The van der Waals surface area contributed by atoms with Gasteiger partial charge in [0.15, 0.2) is 0 Å². The number of ether oxygens (including phenoxy) is 2. The van der Waals surface area contributed by atoms with E-state index < -0.39 is 0 Å². The lowest BCUT2D eigenvalue weighted by Crippen LogP contribution is -2.37. The lowest BCUT2D eigenvalue weighted by Gasteiger charge is -2.15. The second kappa shape index (κ2) is 8.44. The zero-order chi connectivity index (χ0) is 16.7. The van der Waals surface area contributed by atoms with E-state index in [2.05, 4.69) is 5.32 Å². The number of carbonyl (C=O) groups excluding carboxylic acids is 1. The van der Waals surface area contributed by atoms with Crippen LogP contribution in [0.25, 0.3) is 0 Å². The summed E-state index contributed by atoms with van der Waals surface area (Å²) >= 11 is 5.91. The van der Waals surface area contributed by atoms with Gasteiger partial charge in [-0.2, -0.15) is 0 Å². The summed E-state index contributed by atoms with van der Waals surface area (Å²) in [5.41, 5.74) is 0.887. The van der Waals surface area contributed by atoms with Crippen LogP contribution in [0.15, 0.2) is 48.5 Å². The molecule has 23 heavy (non-hydrogen) atoms. The molecule has 0 unspecified atom stereocenters. The standard InChI is InChI=1S/C18H20ClNO3/c1-13(12-23-17-8-6-16(22-2)7-9-17)20-18(21)11-14-4-3-5-15(19)10-14/h3-10,13H,11-12H2,1-2H3,(H,20,21)/t13-/m0/s1. The number of rotatable bonds is 7. The molecule has 2 aromatic carbocycles. The smallest absolute Gasteiger partial charge is 0.224 e. The maximum atomic E-state index is 12.0. The Morgan fingerprint density at radius 1 is 1.17 bits per heavy atom. The fraction of sp³-hybridized carbons (Fsp3) is 0.278. The molecule has 0 spiro atoms. The Bertz CT molecular complexity index is 643. The average molecular weight is 334 g/mol. The largest absolute Gasteiger partial charge is 0.497 e. The molecule has 1 amide bonds. The molecule has 0 saturated carbocycles. The van der Waals surface area contributed by atoms with Crippen LogP contribution in [-0.2, 0) is 11.2 Å². The Balaban J connectivity index is 1.77. The third-order valence-corrected chi connectivity index (χ3v) is 3.46. The van der Waals surface area contributed by atoms with Gasteiger partial charge in [0.25, 0.3) is 0 Å². The number of carbonyl (C=O) groups is 1. The molecule has 0 heterocycles. The van der Waals surface area contributed by atoms with E-state index in [9.17, 15) is 4.79 Å². The molecule has 0 aliphatic rings. The lowest BCUT2D eigenvalue weighted by atomic mass is 10.1. The number of benzene rings is 2. The van der Waals surface area contributed by atoms with E-state index in [1.165, 1.54) is 0 Å². The van der Waals surface area contributed by atoms with Gasteiger partial charge in [-0.3, -0.25) is 4.79 Å². The zero-order valence-electron chi connectivity index (χ0n) is 13.2. The van der Waals surface area contributed by atoms with Crippen LogP contribution in [0.2, 0.25) is 5.02 Å². The van der Waals surface area contributed by atoms with Gasteiger partial charge in [-0.25, -0.2) is 0 Å². The van der Waals surface area contributed by atoms with Gasteiger partial charge >= 0.3 is 0 Å². The van der Waals surface area contributed by atoms with Crippen molar-refractivity contribution in [3.8, 4) is 11.5 Å². The highest BCUT2D eigenvalue weighted by molar-refractivity contribution is 6.30. The van der Waals surface area contributed by atoms with Crippen LogP contribution in [0.1, 0.15) is 12.5 Å². The van der Waals surface area contributed by atoms with Crippen LogP contribution >= 0.6 is 11.6 Å². The van der Waals surface area contributed by atoms with Crippen LogP contribution in [0.3, 0.4) is 0 Å². The van der Waals surface area contributed by atoms with Gasteiger partial charge in [0, 0.05) is 5.02 Å². The monoisotopic (exact) mass is 333 g/mol. The molecule has 0 bridgehead atoms. The zero-order valence-corrected chi connectivity index (χ0v) is 14.0. The molecular weight excluding hydrogens is 314 g/mol. The van der Waals surface area contributed by atoms with Gasteiger partial charge in [0.1, 0.15) is 18.1 Å². The minimum Gasteiger partial charge on any atom is -0.497 e. The van der Waals surface area contributed by atoms with Gasteiger partial charge in [0.05, 0.1) is 19.6 Å². The number of hydrogen-bond donors (Lipinski definition) is 1. The summed E-state index contributed by atoms with van der Waals surface area (Å²) in [6.45, 7) is 2.30. The van der Waals surface area contributed by atoms with E-state index >= 15 is 0 Å². The predicted octanol–water partition coefficient (Wildman–Crippen LogP) is 3.47. The quantitative estimate of drug-likeness (QED) is 0.844. The number of amides is 1. The molecule has 1 N–H and O–H groups in total. The normalized spacial score (nSPS) is 11.6. The van der Waals surface area contributed by atoms with E-state index in [4.69, 9.17) is 21.1 Å². The predicted molar refractivity (Wildman–Crippen MR) is 91.2 cm³/mol. The molecule has 0 aliphatic heterocycles. The van der Waals surface area contributed by atoms with Crippen LogP contribution in [-0.4, -0.2) is 25.7 Å². The highest BCUT2D eigenvalue weighted by atomic mass is 35.5. The van der Waals surface area contributed by atoms with Crippen molar-refractivity contribution in [1.82, 2.24) is 5.32 Å². The summed E-state index contributed by atoms with van der Waals surface area (Å²) in [6.07, 6.45) is 0.299. The van der Waals surface area contributed by atoms with Crippen molar-refractivity contribution < 1.29 is 14.3 Å². The summed E-state index contributed by atoms with van der Waals surface area (Å²) in [4.78, 5) is 12.0. The second-order valence-corrected chi connectivity index (χ2v) is 5.70. The first-order valence-corrected chi connectivity index (χ1v) is 7.75. The molecule has 0 radical (unpaired) electrons. The molecule has 0 fully saturated rings. The molecule has 4 nitrogen and oxygen atoms in total. The minimum absolute atomic E-state index is 0.0573. The molecule has 2 rings (SSSR count). The Morgan fingerprint density at radius 2 is 1.87 bits per heavy atom. The molecule has 1 atom stereocenters. The number of nitrogens with one attached hydrogen (secondary N) is 1. The molecular formula is C18H20ClNO3. The molecule has 5 heteroatoms. The van der Waals surface area contributed by atoms with Crippen LogP contribution in [0.4, 0.5) is 0 Å². The van der Waals surface area contributed by atoms with Gasteiger partial charge in [-0.05, 0) is 48.9 Å². The van der Waals surface area contributed by atoms with E-state index in [0.29, 0.717) is 18.1 Å². The maximum Gasteiger partial charge on any atom is 0.224 e. The lowest BCUT2D eigenvalue weighted by molar-refractivity contribution is -0.121. The van der Waals surface area contributed by atoms with Crippen molar-refractivity contribution >= 4 is 17.5 Å². The van der Waals surface area contributed by atoms with Crippen LogP contribution in [0, 0.1) is 0 Å². The first-order valence-electron chi connectivity index (χ1n) is 7.37. The Labute approximate surface area is 141 Å². The summed E-state index contributed by atoms with van der Waals surface area (Å²) in [7, 11) is 1.62. The molecule has 2 aromatic rings. The summed E-state index contributed by atoms with van der Waals surface area (Å²) in [6, 6.07) is 14.5. The average Bonchev–Trinajstić information content (AvgIpc) is 2.53. The van der Waals surface area contributed by atoms with Crippen molar-refractivity contribution in [1.29, 1.82) is 0 Å². The molecule has 122 valence electrons. The van der Waals surface area contributed by atoms with E-state index in [1.54, 1.807) is 19.2 Å². The Morgan fingerprint density at radius 3 is 2.52 bits per heavy atom. The highest BCUT2D eigenvalue weighted by Crippen LogP contribution is 2.17. The Kier molecular flexibility index (Phi) is 6.29. The number of hydrogen-bond acceptors (Lipinski definition) is 3. The minimum atomic E-state index is -0.0937. The third kappa shape index (κ3) is 5.83. The number of halogens is 1. The first kappa shape index (κ1) is 17.2. The summed E-state index contributed by atoms with van der Waals surface area (Å²) < 4.78 is 10.7. The van der Waals surface area contributed by atoms with Gasteiger partial charge in [-0.1, -0.05) is 23.7 Å². The second-order valence-electron chi connectivity index (χ2n) is 5.26. The van der Waals surface area contributed by atoms with Gasteiger partial charge in [0.2, 0.25) is 5.91 Å². The fourth-order valence-electron chi connectivity index (χ4n) is 2.09. The molecule has 0 aromatic heterocycles. The van der Waals surface area contributed by atoms with Crippen LogP contribution < -0.4 is 14.8 Å². The first-order chi connectivity index (χ1) is 11.1. The topological polar surface area (TPSA) is 47.6 Å². The SMILES string of the molecule is COc1ccc(OC[C@H](C)NC(=O)Cc2cccc(Cl)c2)cc1. The van der Waals surface area contributed by atoms with Gasteiger partial charge < -0.3 is 14.8 Å². The number of methoxy groups -OCH3 is 1. The summed E-state index contributed by atoms with van der Waals surface area (Å²) in [5.74, 6) is 1.46. The fourth-order valence-corrected chi connectivity index (χ4v) is 2.31. The van der Waals surface area contributed by atoms with Crippen molar-refractivity contribution in [2.24, 2.45) is 0 Å². The molecule has 0 saturated heterocycles. The maximum absolute atomic E-state index is 12.0. The van der Waals surface area contributed by atoms with Crippen molar-refractivity contribution in [3.05, 3.63) is 59.1 Å². The van der Waals surface area contributed by atoms with Crippen LogP contribution in [0.5, 0.6) is 11.5 Å². The van der Waals surface area contributed by atoms with E-state index in [-0.39, 0.29) is 11.9 Å².